The zero-order valence-corrected chi connectivity index (χ0v) is 25.9. The molecular formula is C22H52N2O4S2Si2. The summed E-state index contributed by atoms with van der Waals surface area (Å²) in [4.78, 5) is 4.79. The summed E-state index contributed by atoms with van der Waals surface area (Å²) in [6.07, 6.45) is 2.30. The van der Waals surface area contributed by atoms with Gasteiger partial charge in [0.1, 0.15) is 0 Å². The fourth-order valence-corrected chi connectivity index (χ4v) is 9.65. The van der Waals surface area contributed by atoms with Crippen LogP contribution in [0.15, 0.2) is 0 Å². The predicted octanol–water partition coefficient (Wildman–Crippen LogP) is 5.30. The molecular weight excluding hydrogens is 477 g/mol. The van der Waals surface area contributed by atoms with Gasteiger partial charge in [0.05, 0.1) is 0 Å². The van der Waals surface area contributed by atoms with E-state index in [2.05, 4.69) is 50.6 Å². The molecule has 194 valence electrons. The highest BCUT2D eigenvalue weighted by Gasteiger charge is 2.30. The van der Waals surface area contributed by atoms with E-state index in [4.69, 9.17) is 17.7 Å². The molecule has 0 amide bonds. The minimum atomic E-state index is -2.03. The lowest BCUT2D eigenvalue weighted by Gasteiger charge is -2.27. The maximum absolute atomic E-state index is 6.20. The van der Waals surface area contributed by atoms with Crippen LogP contribution < -0.4 is 0 Å². The second-order valence-corrected chi connectivity index (χ2v) is 17.9. The van der Waals surface area contributed by atoms with Gasteiger partial charge in [0.2, 0.25) is 0 Å². The van der Waals surface area contributed by atoms with Crippen molar-refractivity contribution in [2.75, 3.05) is 78.2 Å². The third kappa shape index (κ3) is 15.7. The van der Waals surface area contributed by atoms with Gasteiger partial charge in [0, 0.05) is 52.0 Å². The molecule has 32 heavy (non-hydrogen) atoms. The minimum Gasteiger partial charge on any atom is -0.398 e. The van der Waals surface area contributed by atoms with Gasteiger partial charge < -0.3 is 27.5 Å². The van der Waals surface area contributed by atoms with Gasteiger partial charge in [-0.1, -0.05) is 49.3 Å². The summed E-state index contributed by atoms with van der Waals surface area (Å²) in [5.74, 6) is 2.30. The largest absolute Gasteiger partial charge is 0.398 e. The maximum Gasteiger partial charge on any atom is 0.334 e. The first-order valence-corrected chi connectivity index (χ1v) is 19.9. The molecule has 0 spiro atoms. The van der Waals surface area contributed by atoms with Crippen LogP contribution in [0.2, 0.25) is 25.2 Å². The molecule has 6 nitrogen and oxygen atoms in total. The first-order valence-electron chi connectivity index (χ1n) is 12.4. The Morgan fingerprint density at radius 1 is 0.625 bits per heavy atom. The van der Waals surface area contributed by atoms with Crippen LogP contribution in [0.4, 0.5) is 0 Å². The standard InChI is InChI=1S/C22H52N2O4S2Si2/c1-9-23(10-2)15-17-27-31(7,25-5)21-13-19-29-30-20-14-22-32(8,26-6)28-18-16-24(11-3)12-4/h9-22H2,1-8H3. The summed E-state index contributed by atoms with van der Waals surface area (Å²) in [6, 6.07) is 2.12. The van der Waals surface area contributed by atoms with Crippen molar-refractivity contribution in [1.82, 2.24) is 9.80 Å². The molecule has 0 rings (SSSR count). The second-order valence-electron chi connectivity index (χ2n) is 8.28. The van der Waals surface area contributed by atoms with E-state index >= 15 is 0 Å². The molecule has 0 aliphatic rings. The zero-order chi connectivity index (χ0) is 24.3. The van der Waals surface area contributed by atoms with Crippen molar-refractivity contribution in [3.05, 3.63) is 0 Å². The van der Waals surface area contributed by atoms with E-state index in [9.17, 15) is 0 Å². The van der Waals surface area contributed by atoms with Gasteiger partial charge in [-0.25, -0.2) is 0 Å². The number of rotatable bonds is 23. The predicted molar refractivity (Wildman–Crippen MR) is 148 cm³/mol. The summed E-state index contributed by atoms with van der Waals surface area (Å²) in [7, 11) is 3.51. The van der Waals surface area contributed by atoms with Crippen LogP contribution in [-0.2, 0) is 17.7 Å². The van der Waals surface area contributed by atoms with Crippen molar-refractivity contribution in [1.29, 1.82) is 0 Å². The van der Waals surface area contributed by atoms with Crippen molar-refractivity contribution >= 4 is 38.7 Å². The Hall–Kier alpha value is 0.894. The highest BCUT2D eigenvalue weighted by molar-refractivity contribution is 8.76. The Morgan fingerprint density at radius 2 is 0.969 bits per heavy atom. The Labute approximate surface area is 209 Å². The smallest absolute Gasteiger partial charge is 0.334 e. The maximum atomic E-state index is 6.20. The van der Waals surface area contributed by atoms with E-state index in [0.717, 1.165) is 88.9 Å². The summed E-state index contributed by atoms with van der Waals surface area (Å²) < 4.78 is 24.0. The fraction of sp³-hybridized carbons (Fsp3) is 1.00. The second kappa shape index (κ2) is 20.1. The van der Waals surface area contributed by atoms with Crippen LogP contribution in [0.25, 0.3) is 0 Å². The van der Waals surface area contributed by atoms with Crippen molar-refractivity contribution in [2.45, 2.75) is 65.7 Å². The van der Waals surface area contributed by atoms with E-state index in [1.54, 1.807) is 0 Å². The highest BCUT2D eigenvalue weighted by Crippen LogP contribution is 2.27. The van der Waals surface area contributed by atoms with Gasteiger partial charge in [-0.15, -0.1) is 0 Å². The molecule has 0 aromatic rings. The normalized spacial score (nSPS) is 15.9. The average Bonchev–Trinajstić information content (AvgIpc) is 2.81. The van der Waals surface area contributed by atoms with Crippen LogP contribution in [0.5, 0.6) is 0 Å². The van der Waals surface area contributed by atoms with Crippen molar-refractivity contribution in [3.8, 4) is 0 Å². The summed E-state index contributed by atoms with van der Waals surface area (Å²) in [5.41, 5.74) is 0. The molecule has 0 aliphatic carbocycles. The van der Waals surface area contributed by atoms with Gasteiger partial charge >= 0.3 is 17.1 Å². The molecule has 0 aromatic carbocycles. The average molecular weight is 529 g/mol. The van der Waals surface area contributed by atoms with E-state index in [1.807, 2.05) is 35.8 Å². The van der Waals surface area contributed by atoms with Crippen LogP contribution >= 0.6 is 21.6 Å². The summed E-state index contributed by atoms with van der Waals surface area (Å²) >= 11 is 0. The summed E-state index contributed by atoms with van der Waals surface area (Å²) in [6.45, 7) is 21.0. The van der Waals surface area contributed by atoms with Gasteiger partial charge in [0.15, 0.2) is 0 Å². The molecule has 0 N–H and O–H groups in total. The highest BCUT2D eigenvalue weighted by atomic mass is 33.1. The first kappa shape index (κ1) is 32.9. The topological polar surface area (TPSA) is 43.4 Å². The lowest BCUT2D eigenvalue weighted by atomic mass is 10.5. The van der Waals surface area contributed by atoms with Crippen LogP contribution in [-0.4, -0.2) is 105 Å². The van der Waals surface area contributed by atoms with E-state index in [0.29, 0.717) is 0 Å². The number of nitrogens with zero attached hydrogens (tertiary/aromatic N) is 2. The van der Waals surface area contributed by atoms with Gasteiger partial charge in [0.25, 0.3) is 0 Å². The Bertz CT molecular complexity index is 401. The Kier molecular flexibility index (Phi) is 20.7. The van der Waals surface area contributed by atoms with Crippen LogP contribution in [0.1, 0.15) is 40.5 Å². The monoisotopic (exact) mass is 528 g/mol. The van der Waals surface area contributed by atoms with E-state index in [-0.39, 0.29) is 0 Å². The molecule has 2 atom stereocenters. The quantitative estimate of drug-likeness (QED) is 0.101. The molecule has 0 saturated carbocycles. The molecule has 0 heterocycles. The molecule has 0 fully saturated rings. The Morgan fingerprint density at radius 3 is 1.25 bits per heavy atom. The number of hydrogen-bond acceptors (Lipinski definition) is 8. The van der Waals surface area contributed by atoms with Gasteiger partial charge in [-0.3, -0.25) is 0 Å². The molecule has 0 saturated heterocycles. The zero-order valence-electron chi connectivity index (χ0n) is 22.2. The molecule has 0 radical (unpaired) electrons. The molecule has 2 unspecified atom stereocenters. The molecule has 0 aliphatic heterocycles. The van der Waals surface area contributed by atoms with E-state index < -0.39 is 17.1 Å². The SMILES string of the molecule is CCN(CC)CCO[Si](C)(CCCSSCCC[Si](C)(OC)OCCN(CC)CC)OC. The number of hydrogen-bond donors (Lipinski definition) is 0. The molecule has 0 bridgehead atoms. The lowest BCUT2D eigenvalue weighted by molar-refractivity contribution is 0.168. The van der Waals surface area contributed by atoms with Gasteiger partial charge in [-0.05, 0) is 64.2 Å². The fourth-order valence-electron chi connectivity index (χ4n) is 3.35. The number of likely N-dealkylation sites (N-methyl/N-ethyl adjacent to an activating group) is 2. The third-order valence-electron chi connectivity index (χ3n) is 6.08. The first-order chi connectivity index (χ1) is 15.3. The molecule has 0 aromatic heterocycles. The minimum absolute atomic E-state index is 0.777. The van der Waals surface area contributed by atoms with Gasteiger partial charge in [-0.2, -0.15) is 0 Å². The van der Waals surface area contributed by atoms with E-state index in [1.165, 1.54) is 0 Å². The van der Waals surface area contributed by atoms with Crippen LogP contribution in [0.3, 0.4) is 0 Å². The summed E-state index contributed by atoms with van der Waals surface area (Å²) in [5, 5.41) is 0. The van der Waals surface area contributed by atoms with Crippen molar-refractivity contribution in [2.24, 2.45) is 0 Å². The third-order valence-corrected chi connectivity index (χ3v) is 14.5. The Balaban J connectivity index is 3.93. The van der Waals surface area contributed by atoms with Crippen molar-refractivity contribution in [3.63, 3.8) is 0 Å². The molecule has 10 heteroatoms. The lowest BCUT2D eigenvalue weighted by Crippen LogP contribution is -2.40. The van der Waals surface area contributed by atoms with Crippen molar-refractivity contribution < 1.29 is 17.7 Å². The van der Waals surface area contributed by atoms with Crippen LogP contribution in [0, 0.1) is 0 Å².